The van der Waals surface area contributed by atoms with E-state index in [1.54, 1.807) is 30.3 Å². The molecule has 5 N–H and O–H groups in total. The Balaban J connectivity index is 1.89. The van der Waals surface area contributed by atoms with Gasteiger partial charge in [0.1, 0.15) is 6.04 Å². The fraction of sp³-hybridized carbons (Fsp3) is 0.290. The van der Waals surface area contributed by atoms with Gasteiger partial charge in [-0.2, -0.15) is 0 Å². The van der Waals surface area contributed by atoms with Crippen LogP contribution in [0.5, 0.6) is 11.5 Å². The van der Waals surface area contributed by atoms with Crippen LogP contribution in [0.2, 0.25) is 0 Å². The molecule has 1 saturated heterocycles. The number of hydrogen-bond acceptors (Lipinski definition) is 9. The molecule has 238 valence electrons. The van der Waals surface area contributed by atoms with E-state index in [1.807, 2.05) is 0 Å². The number of likely N-dealkylation sites (tertiary alicyclic amines) is 1. The fourth-order valence-corrected chi connectivity index (χ4v) is 6.42. The van der Waals surface area contributed by atoms with E-state index in [0.717, 1.165) is 6.26 Å². The molecule has 3 amide bonds. The quantitative estimate of drug-likeness (QED) is 0.242. The Kier molecular flexibility index (Phi) is 9.66. The molecule has 0 bridgehead atoms. The molecule has 0 spiro atoms. The standard InChI is InChI=1S/C31H34N4O9S/c1-17(36)33-21-9-11-26(45(4,41)42)23(16-21)28-22(31(39)40)12-13-35(28)30(38)27(18-8-10-24(43-2)25(15-18)44-3)34-20-7-5-6-19(14-20)29(32)37/h5-11,14-16,22,27-28,34H,12-13H2,1-4H3,(H2,32,37)(H,33,36)(H,39,40)/t22-,27+,28+/m0/s1. The topological polar surface area (TPSA) is 194 Å². The highest BCUT2D eigenvalue weighted by Gasteiger charge is 2.46. The third-order valence-corrected chi connectivity index (χ3v) is 8.66. The number of rotatable bonds is 11. The molecule has 0 radical (unpaired) electrons. The lowest BCUT2D eigenvalue weighted by atomic mass is 9.92. The van der Waals surface area contributed by atoms with E-state index in [-0.39, 0.29) is 34.7 Å². The molecule has 3 aromatic carbocycles. The first kappa shape index (κ1) is 32.8. The Hall–Kier alpha value is -5.11. The highest BCUT2D eigenvalue weighted by Crippen LogP contribution is 2.43. The van der Waals surface area contributed by atoms with Gasteiger partial charge in [-0.05, 0) is 66.1 Å². The van der Waals surface area contributed by atoms with E-state index in [1.165, 1.54) is 56.4 Å². The summed E-state index contributed by atoms with van der Waals surface area (Å²) in [6, 6.07) is 12.7. The van der Waals surface area contributed by atoms with Crippen molar-refractivity contribution in [3.8, 4) is 11.5 Å². The highest BCUT2D eigenvalue weighted by molar-refractivity contribution is 7.90. The molecule has 0 aromatic heterocycles. The number of sulfone groups is 1. The summed E-state index contributed by atoms with van der Waals surface area (Å²) >= 11 is 0. The number of carbonyl (C=O) groups is 4. The lowest BCUT2D eigenvalue weighted by molar-refractivity contribution is -0.143. The number of nitrogens with two attached hydrogens (primary N) is 1. The molecule has 0 unspecified atom stereocenters. The van der Waals surface area contributed by atoms with Crippen molar-refractivity contribution in [2.75, 3.05) is 37.7 Å². The second-order valence-corrected chi connectivity index (χ2v) is 12.5. The van der Waals surface area contributed by atoms with Crippen molar-refractivity contribution in [1.82, 2.24) is 4.90 Å². The number of amides is 3. The maximum atomic E-state index is 14.6. The number of carboxylic acids is 1. The van der Waals surface area contributed by atoms with Gasteiger partial charge in [0.05, 0.1) is 31.1 Å². The molecule has 45 heavy (non-hydrogen) atoms. The molecule has 13 nitrogen and oxygen atoms in total. The van der Waals surface area contributed by atoms with Crippen LogP contribution in [-0.2, 0) is 24.2 Å². The van der Waals surface area contributed by atoms with Gasteiger partial charge in [-0.15, -0.1) is 0 Å². The number of hydrogen-bond donors (Lipinski definition) is 4. The van der Waals surface area contributed by atoms with Gasteiger partial charge in [0.25, 0.3) is 0 Å². The Morgan fingerprint density at radius 2 is 1.69 bits per heavy atom. The van der Waals surface area contributed by atoms with E-state index < -0.39 is 51.5 Å². The molecule has 1 fully saturated rings. The second-order valence-electron chi connectivity index (χ2n) is 10.6. The lowest BCUT2D eigenvalue weighted by Gasteiger charge is -2.33. The number of nitrogens with zero attached hydrogens (tertiary/aromatic N) is 1. The monoisotopic (exact) mass is 638 g/mol. The molecule has 4 rings (SSSR count). The van der Waals surface area contributed by atoms with Crippen LogP contribution >= 0.6 is 0 Å². The van der Waals surface area contributed by atoms with Crippen LogP contribution in [-0.4, -0.2) is 69.1 Å². The summed E-state index contributed by atoms with van der Waals surface area (Å²) in [5.41, 5.74) is 6.74. The summed E-state index contributed by atoms with van der Waals surface area (Å²) in [6.45, 7) is 1.27. The Bertz CT molecular complexity index is 1760. The first-order valence-electron chi connectivity index (χ1n) is 13.8. The number of anilines is 2. The van der Waals surface area contributed by atoms with Crippen LogP contribution in [0.25, 0.3) is 0 Å². The van der Waals surface area contributed by atoms with Crippen LogP contribution in [0.15, 0.2) is 65.6 Å². The van der Waals surface area contributed by atoms with Gasteiger partial charge in [0, 0.05) is 36.7 Å². The predicted octanol–water partition coefficient (Wildman–Crippen LogP) is 2.99. The van der Waals surface area contributed by atoms with Crippen LogP contribution < -0.4 is 25.8 Å². The Labute approximate surface area is 260 Å². The number of benzene rings is 3. The van der Waals surface area contributed by atoms with Crippen molar-refractivity contribution in [2.45, 2.75) is 30.3 Å². The molecule has 1 aliphatic heterocycles. The SMILES string of the molecule is COc1ccc([C@@H](Nc2cccc(C(N)=O)c2)C(=O)N2CC[C@H](C(=O)O)[C@@H]2c2cc(NC(C)=O)ccc2S(C)(=O)=O)cc1OC. The van der Waals surface area contributed by atoms with Crippen molar-refractivity contribution in [1.29, 1.82) is 0 Å². The number of ether oxygens (including phenoxy) is 2. The summed E-state index contributed by atoms with van der Waals surface area (Å²) in [5, 5.41) is 15.9. The number of nitrogens with one attached hydrogen (secondary N) is 2. The van der Waals surface area contributed by atoms with Crippen molar-refractivity contribution < 1.29 is 42.2 Å². The largest absolute Gasteiger partial charge is 0.493 e. The predicted molar refractivity (Wildman–Crippen MR) is 165 cm³/mol. The minimum atomic E-state index is -3.90. The number of carboxylic acid groups (broad SMARTS) is 1. The molecule has 14 heteroatoms. The van der Waals surface area contributed by atoms with Crippen molar-refractivity contribution in [3.63, 3.8) is 0 Å². The summed E-state index contributed by atoms with van der Waals surface area (Å²) in [7, 11) is -1.00. The molecule has 0 saturated carbocycles. The van der Waals surface area contributed by atoms with Crippen molar-refractivity contribution in [3.05, 3.63) is 77.4 Å². The first-order chi connectivity index (χ1) is 21.2. The summed E-state index contributed by atoms with van der Waals surface area (Å²) in [6.07, 6.45) is 1.02. The lowest BCUT2D eigenvalue weighted by Crippen LogP contribution is -2.40. The molecule has 0 aliphatic carbocycles. The highest BCUT2D eigenvalue weighted by atomic mass is 32.2. The smallest absolute Gasteiger partial charge is 0.309 e. The summed E-state index contributed by atoms with van der Waals surface area (Å²) in [4.78, 5) is 51.9. The zero-order valence-electron chi connectivity index (χ0n) is 25.1. The Morgan fingerprint density at radius 3 is 2.29 bits per heavy atom. The van der Waals surface area contributed by atoms with Crippen LogP contribution in [0.4, 0.5) is 11.4 Å². The number of methoxy groups -OCH3 is 2. The van der Waals surface area contributed by atoms with Gasteiger partial charge in [-0.1, -0.05) is 12.1 Å². The molecular weight excluding hydrogens is 604 g/mol. The third-order valence-electron chi connectivity index (χ3n) is 7.49. The minimum Gasteiger partial charge on any atom is -0.493 e. The normalized spacial score (nSPS) is 16.8. The van der Waals surface area contributed by atoms with Gasteiger partial charge >= 0.3 is 5.97 Å². The van der Waals surface area contributed by atoms with Crippen LogP contribution in [0, 0.1) is 5.92 Å². The van der Waals surface area contributed by atoms with Crippen LogP contribution in [0.3, 0.4) is 0 Å². The zero-order valence-corrected chi connectivity index (χ0v) is 25.9. The van der Waals surface area contributed by atoms with Gasteiger partial charge in [-0.25, -0.2) is 8.42 Å². The number of primary amides is 1. The van der Waals surface area contributed by atoms with E-state index in [2.05, 4.69) is 10.6 Å². The minimum absolute atomic E-state index is 0.0131. The summed E-state index contributed by atoms with van der Waals surface area (Å²) in [5.74, 6) is -3.33. The van der Waals surface area contributed by atoms with Gasteiger partial charge in [0.2, 0.25) is 17.7 Å². The molecular formula is C31H34N4O9S. The first-order valence-corrected chi connectivity index (χ1v) is 15.7. The molecule has 3 atom stereocenters. The number of carbonyl (C=O) groups excluding carboxylic acids is 3. The van der Waals surface area contributed by atoms with Crippen molar-refractivity contribution >= 4 is 44.9 Å². The zero-order chi connectivity index (χ0) is 33.1. The Morgan fingerprint density at radius 1 is 0.978 bits per heavy atom. The maximum Gasteiger partial charge on any atom is 0.309 e. The molecule has 1 heterocycles. The molecule has 1 aliphatic rings. The molecule has 3 aromatic rings. The number of aliphatic carboxylic acids is 1. The van der Waals surface area contributed by atoms with Crippen molar-refractivity contribution in [2.24, 2.45) is 11.7 Å². The van der Waals surface area contributed by atoms with Gasteiger partial charge in [0.15, 0.2) is 21.3 Å². The maximum absolute atomic E-state index is 14.6. The average Bonchev–Trinajstić information content (AvgIpc) is 3.44. The van der Waals surface area contributed by atoms with E-state index in [0.29, 0.717) is 22.7 Å². The average molecular weight is 639 g/mol. The van der Waals surface area contributed by atoms with E-state index in [4.69, 9.17) is 15.2 Å². The van der Waals surface area contributed by atoms with Crippen LogP contribution in [0.1, 0.15) is 46.9 Å². The van der Waals surface area contributed by atoms with E-state index in [9.17, 15) is 32.7 Å². The fourth-order valence-electron chi connectivity index (χ4n) is 5.50. The van der Waals surface area contributed by atoms with E-state index >= 15 is 0 Å². The van der Waals surface area contributed by atoms with Gasteiger partial charge < -0.3 is 35.8 Å². The third kappa shape index (κ3) is 7.17. The van der Waals surface area contributed by atoms with Gasteiger partial charge in [-0.3, -0.25) is 19.2 Å². The second kappa shape index (κ2) is 13.3. The summed E-state index contributed by atoms with van der Waals surface area (Å²) < 4.78 is 36.6.